The van der Waals surface area contributed by atoms with E-state index in [1.54, 1.807) is 14.2 Å². The first-order chi connectivity index (χ1) is 16.0. The summed E-state index contributed by atoms with van der Waals surface area (Å²) in [4.78, 5) is 13.7. The summed E-state index contributed by atoms with van der Waals surface area (Å²) in [7, 11) is 3.50. The van der Waals surface area contributed by atoms with Crippen molar-refractivity contribution in [2.24, 2.45) is 58.2 Å². The predicted molar refractivity (Wildman–Crippen MR) is 139 cm³/mol. The number of fused-ring (bicyclic) bond motifs is 5. The standard InChI is InChI=1S/C31H54O3/c1-9-22(20(2)3)11-10-21(4)24-12-13-25-23-18-28(32)27-19-31(33-7,34-8)17-16-30(27,6)26(23)14-15-29(24,25)5/h20-27H,9-19H2,1-8H3/t21-,22?,23+,24?,25+,26?,27-,29-,30-/m1/s1. The smallest absolute Gasteiger partial charge is 0.168 e. The molecule has 0 amide bonds. The molecule has 0 heterocycles. The van der Waals surface area contributed by atoms with Crippen molar-refractivity contribution in [3.05, 3.63) is 0 Å². The Hall–Kier alpha value is -0.410. The van der Waals surface area contributed by atoms with Crippen LogP contribution >= 0.6 is 0 Å². The minimum atomic E-state index is -0.559. The predicted octanol–water partition coefficient (Wildman–Crippen LogP) is 7.91. The second-order valence-electron chi connectivity index (χ2n) is 13.8. The lowest BCUT2D eigenvalue weighted by molar-refractivity contribution is -0.256. The van der Waals surface area contributed by atoms with Crippen LogP contribution in [0.1, 0.15) is 112 Å². The fourth-order valence-corrected chi connectivity index (χ4v) is 10.1. The maximum Gasteiger partial charge on any atom is 0.168 e. The highest BCUT2D eigenvalue weighted by Crippen LogP contribution is 2.68. The molecule has 34 heavy (non-hydrogen) atoms. The van der Waals surface area contributed by atoms with E-state index in [4.69, 9.17) is 9.47 Å². The third kappa shape index (κ3) is 4.23. The molecule has 0 spiro atoms. The van der Waals surface area contributed by atoms with Gasteiger partial charge in [-0.3, -0.25) is 4.79 Å². The van der Waals surface area contributed by atoms with Gasteiger partial charge >= 0.3 is 0 Å². The van der Waals surface area contributed by atoms with Crippen molar-refractivity contribution < 1.29 is 14.3 Å². The van der Waals surface area contributed by atoms with Gasteiger partial charge in [0.1, 0.15) is 5.78 Å². The Morgan fingerprint density at radius 3 is 2.21 bits per heavy atom. The largest absolute Gasteiger partial charge is 0.353 e. The van der Waals surface area contributed by atoms with Crippen molar-refractivity contribution in [1.82, 2.24) is 0 Å². The Labute approximate surface area is 210 Å². The Morgan fingerprint density at radius 2 is 1.59 bits per heavy atom. The number of ketones is 1. The van der Waals surface area contributed by atoms with Gasteiger partial charge in [0.05, 0.1) is 0 Å². The molecule has 0 aromatic carbocycles. The first-order valence-corrected chi connectivity index (χ1v) is 14.7. The number of methoxy groups -OCH3 is 2. The van der Waals surface area contributed by atoms with Gasteiger partial charge in [0.15, 0.2) is 5.79 Å². The zero-order chi connectivity index (χ0) is 24.9. The van der Waals surface area contributed by atoms with Crippen molar-refractivity contribution >= 4 is 5.78 Å². The van der Waals surface area contributed by atoms with E-state index in [1.165, 1.54) is 44.9 Å². The average molecular weight is 475 g/mol. The number of hydrogen-bond acceptors (Lipinski definition) is 3. The normalized spacial score (nSPS) is 43.2. The molecule has 0 N–H and O–H groups in total. The lowest BCUT2D eigenvalue weighted by Gasteiger charge is -2.61. The summed E-state index contributed by atoms with van der Waals surface area (Å²) in [6.45, 7) is 14.8. The van der Waals surface area contributed by atoms with Crippen LogP contribution in [0.25, 0.3) is 0 Å². The van der Waals surface area contributed by atoms with Gasteiger partial charge in [0.25, 0.3) is 0 Å². The minimum Gasteiger partial charge on any atom is -0.353 e. The molecule has 9 atom stereocenters. The van der Waals surface area contributed by atoms with Crippen molar-refractivity contribution in [3.8, 4) is 0 Å². The van der Waals surface area contributed by atoms with E-state index < -0.39 is 5.79 Å². The number of Topliss-reactive ketones (excluding diaryl/α,β-unsaturated/α-hetero) is 1. The highest BCUT2D eigenvalue weighted by Gasteiger charge is 2.64. The van der Waals surface area contributed by atoms with Gasteiger partial charge in [-0.25, -0.2) is 0 Å². The molecule has 0 radical (unpaired) electrons. The summed E-state index contributed by atoms with van der Waals surface area (Å²) in [6, 6.07) is 0. The second kappa shape index (κ2) is 9.81. The molecule has 0 aromatic rings. The van der Waals surface area contributed by atoms with Gasteiger partial charge in [-0.2, -0.15) is 0 Å². The molecule has 4 saturated carbocycles. The SMILES string of the molecule is CCC(CC[C@@H](C)C1CC[C@H]2[C@@H]3CC(=O)[C@H]4CC(OC)(OC)CC[C@]4(C)C3CC[C@]12C)C(C)C. The van der Waals surface area contributed by atoms with Crippen molar-refractivity contribution in [2.75, 3.05) is 14.2 Å². The molecule has 4 rings (SSSR count). The minimum absolute atomic E-state index is 0.102. The maximum atomic E-state index is 13.7. The van der Waals surface area contributed by atoms with Gasteiger partial charge in [0, 0.05) is 39.4 Å². The summed E-state index contributed by atoms with van der Waals surface area (Å²) in [5, 5.41) is 0. The van der Waals surface area contributed by atoms with Gasteiger partial charge < -0.3 is 9.47 Å². The molecule has 196 valence electrons. The summed E-state index contributed by atoms with van der Waals surface area (Å²) < 4.78 is 11.6. The first-order valence-electron chi connectivity index (χ1n) is 14.7. The van der Waals surface area contributed by atoms with Crippen molar-refractivity contribution in [3.63, 3.8) is 0 Å². The van der Waals surface area contributed by atoms with Gasteiger partial charge in [-0.15, -0.1) is 0 Å². The molecular weight excluding hydrogens is 420 g/mol. The van der Waals surface area contributed by atoms with Crippen molar-refractivity contribution in [1.29, 1.82) is 0 Å². The lowest BCUT2D eigenvalue weighted by atomic mass is 9.44. The molecule has 3 heteroatoms. The molecule has 3 unspecified atom stereocenters. The molecule has 4 aliphatic carbocycles. The van der Waals surface area contributed by atoms with Crippen LogP contribution in [0.5, 0.6) is 0 Å². The molecule has 0 bridgehead atoms. The number of carbonyl (C=O) groups is 1. The number of hydrogen-bond donors (Lipinski definition) is 0. The van der Waals surface area contributed by atoms with E-state index in [-0.39, 0.29) is 11.3 Å². The number of carbonyl (C=O) groups excluding carboxylic acids is 1. The molecule has 0 aromatic heterocycles. The summed E-state index contributed by atoms with van der Waals surface area (Å²) in [5.74, 6) is 5.39. The van der Waals surface area contributed by atoms with Crippen LogP contribution in [0.15, 0.2) is 0 Å². The Morgan fingerprint density at radius 1 is 0.912 bits per heavy atom. The Kier molecular flexibility index (Phi) is 7.69. The summed E-state index contributed by atoms with van der Waals surface area (Å²) >= 11 is 0. The molecule has 0 aliphatic heterocycles. The van der Waals surface area contributed by atoms with E-state index in [0.717, 1.165) is 55.3 Å². The van der Waals surface area contributed by atoms with Crippen molar-refractivity contribution in [2.45, 2.75) is 118 Å². The van der Waals surface area contributed by atoms with Crippen LogP contribution in [0.4, 0.5) is 0 Å². The average Bonchev–Trinajstić information content (AvgIpc) is 3.17. The Balaban J connectivity index is 1.50. The second-order valence-corrected chi connectivity index (χ2v) is 13.8. The molecule has 4 aliphatic rings. The van der Waals surface area contributed by atoms with Gasteiger partial charge in [-0.1, -0.05) is 54.4 Å². The van der Waals surface area contributed by atoms with E-state index in [1.807, 2.05) is 0 Å². The van der Waals surface area contributed by atoms with Crippen LogP contribution < -0.4 is 0 Å². The van der Waals surface area contributed by atoms with Crippen LogP contribution in [0.2, 0.25) is 0 Å². The van der Waals surface area contributed by atoms with E-state index in [9.17, 15) is 4.79 Å². The van der Waals surface area contributed by atoms with Gasteiger partial charge in [-0.05, 0) is 90.8 Å². The van der Waals surface area contributed by atoms with E-state index in [0.29, 0.717) is 23.0 Å². The fraction of sp³-hybridized carbons (Fsp3) is 0.968. The van der Waals surface area contributed by atoms with Crippen LogP contribution in [-0.4, -0.2) is 25.8 Å². The van der Waals surface area contributed by atoms with Gasteiger partial charge in [0.2, 0.25) is 0 Å². The molecule has 3 nitrogen and oxygen atoms in total. The highest BCUT2D eigenvalue weighted by atomic mass is 16.7. The quantitative estimate of drug-likeness (QED) is 0.335. The van der Waals surface area contributed by atoms with E-state index in [2.05, 4.69) is 41.5 Å². The van der Waals surface area contributed by atoms with Crippen LogP contribution in [0, 0.1) is 58.2 Å². The number of ether oxygens (including phenoxy) is 2. The number of rotatable bonds is 8. The topological polar surface area (TPSA) is 35.5 Å². The summed E-state index contributed by atoms with van der Waals surface area (Å²) in [6.07, 6.45) is 13.0. The molecule has 0 saturated heterocycles. The lowest BCUT2D eigenvalue weighted by Crippen LogP contribution is -2.59. The third-order valence-electron chi connectivity index (χ3n) is 12.4. The third-order valence-corrected chi connectivity index (χ3v) is 12.4. The van der Waals surface area contributed by atoms with Crippen LogP contribution in [-0.2, 0) is 14.3 Å². The molecule has 4 fully saturated rings. The zero-order valence-corrected chi connectivity index (χ0v) is 23.6. The highest BCUT2D eigenvalue weighted by molar-refractivity contribution is 5.83. The monoisotopic (exact) mass is 474 g/mol. The first kappa shape index (κ1) is 26.6. The zero-order valence-electron chi connectivity index (χ0n) is 23.6. The Bertz CT molecular complexity index is 726. The van der Waals surface area contributed by atoms with E-state index >= 15 is 0 Å². The molecular formula is C31H54O3. The fourth-order valence-electron chi connectivity index (χ4n) is 10.1. The maximum absolute atomic E-state index is 13.7. The van der Waals surface area contributed by atoms with Crippen LogP contribution in [0.3, 0.4) is 0 Å². The summed E-state index contributed by atoms with van der Waals surface area (Å²) in [5.41, 5.74) is 0.554.